The first-order valence-electron chi connectivity index (χ1n) is 10.1. The molecule has 2 N–H and O–H groups in total. The minimum Gasteiger partial charge on any atom is -0.493 e. The summed E-state index contributed by atoms with van der Waals surface area (Å²) in [6.07, 6.45) is 1.53. The van der Waals surface area contributed by atoms with Crippen molar-refractivity contribution < 1.29 is 14.3 Å². The van der Waals surface area contributed by atoms with Gasteiger partial charge in [-0.05, 0) is 42.0 Å². The zero-order valence-corrected chi connectivity index (χ0v) is 19.3. The van der Waals surface area contributed by atoms with Crippen molar-refractivity contribution >= 4 is 46.5 Å². The molecule has 0 fully saturated rings. The van der Waals surface area contributed by atoms with E-state index in [9.17, 15) is 4.79 Å². The topological polar surface area (TPSA) is 88.6 Å². The van der Waals surface area contributed by atoms with Gasteiger partial charge in [0.1, 0.15) is 6.61 Å². The number of benzene rings is 3. The van der Waals surface area contributed by atoms with Crippen molar-refractivity contribution in [2.75, 3.05) is 12.9 Å². The lowest BCUT2D eigenvalue weighted by molar-refractivity contribution is -0.118. The predicted octanol–water partition coefficient (Wildman–Crippen LogP) is 5.05. The molecule has 9 heteroatoms. The normalized spacial score (nSPS) is 11.1. The number of nitrogens with one attached hydrogen (secondary N) is 2. The van der Waals surface area contributed by atoms with E-state index in [1.54, 1.807) is 13.2 Å². The van der Waals surface area contributed by atoms with Crippen LogP contribution in [0.1, 0.15) is 11.1 Å². The number of rotatable bonds is 9. The smallest absolute Gasteiger partial charge is 0.250 e. The zero-order chi connectivity index (χ0) is 23.0. The number of halogens is 1. The summed E-state index contributed by atoms with van der Waals surface area (Å²) in [5.41, 5.74) is 5.97. The van der Waals surface area contributed by atoms with Gasteiger partial charge in [0.2, 0.25) is 0 Å². The summed E-state index contributed by atoms with van der Waals surface area (Å²) >= 11 is 7.25. The van der Waals surface area contributed by atoms with Gasteiger partial charge in [-0.15, -0.1) is 0 Å². The van der Waals surface area contributed by atoms with Crippen LogP contribution in [-0.2, 0) is 11.4 Å². The molecule has 0 aliphatic heterocycles. The predicted molar refractivity (Wildman–Crippen MR) is 131 cm³/mol. The Hall–Kier alpha value is -3.49. The van der Waals surface area contributed by atoms with Gasteiger partial charge in [0.05, 0.1) is 30.1 Å². The van der Waals surface area contributed by atoms with Crippen molar-refractivity contribution in [3.8, 4) is 11.5 Å². The highest BCUT2D eigenvalue weighted by atomic mass is 35.5. The van der Waals surface area contributed by atoms with E-state index in [1.807, 2.05) is 60.7 Å². The van der Waals surface area contributed by atoms with Crippen LogP contribution >= 0.6 is 23.4 Å². The molecule has 3 aromatic carbocycles. The van der Waals surface area contributed by atoms with Crippen LogP contribution in [0.3, 0.4) is 0 Å². The molecular weight excluding hydrogens is 460 g/mol. The minimum absolute atomic E-state index is 0.176. The van der Waals surface area contributed by atoms with Crippen LogP contribution in [0.25, 0.3) is 11.0 Å². The number of fused-ring (bicyclic) bond motifs is 1. The van der Waals surface area contributed by atoms with Gasteiger partial charge in [0, 0.05) is 10.6 Å². The first-order chi connectivity index (χ1) is 16.1. The summed E-state index contributed by atoms with van der Waals surface area (Å²) in [6, 6.07) is 20.6. The molecule has 1 amide bonds. The lowest BCUT2D eigenvalue weighted by atomic mass is 10.2. The number of ether oxygens (including phenoxy) is 2. The largest absolute Gasteiger partial charge is 0.493 e. The van der Waals surface area contributed by atoms with E-state index in [0.717, 1.165) is 16.6 Å². The molecule has 0 bridgehead atoms. The third-order valence-corrected chi connectivity index (χ3v) is 5.75. The second kappa shape index (κ2) is 10.9. The minimum atomic E-state index is -0.247. The number of hydrogen-bond acceptors (Lipinski definition) is 6. The summed E-state index contributed by atoms with van der Waals surface area (Å²) in [6.45, 7) is 0.332. The molecule has 0 unspecified atom stereocenters. The van der Waals surface area contributed by atoms with Gasteiger partial charge in [0.25, 0.3) is 5.91 Å². The van der Waals surface area contributed by atoms with E-state index in [1.165, 1.54) is 18.0 Å². The first kappa shape index (κ1) is 22.7. The number of aromatic amines is 1. The molecule has 0 radical (unpaired) electrons. The number of para-hydroxylation sites is 3. The highest BCUT2D eigenvalue weighted by Crippen LogP contribution is 2.31. The Morgan fingerprint density at radius 1 is 1.15 bits per heavy atom. The number of carbonyl (C=O) groups excluding carboxylic acids is 1. The van der Waals surface area contributed by atoms with Crippen molar-refractivity contribution in [3.63, 3.8) is 0 Å². The molecule has 0 aliphatic rings. The third-order valence-electron chi connectivity index (χ3n) is 4.63. The molecule has 1 aromatic heterocycles. The summed E-state index contributed by atoms with van der Waals surface area (Å²) in [4.78, 5) is 19.8. The first-order valence-corrected chi connectivity index (χ1v) is 11.4. The highest BCUT2D eigenvalue weighted by molar-refractivity contribution is 7.99. The molecule has 4 rings (SSSR count). The maximum absolute atomic E-state index is 12.2. The van der Waals surface area contributed by atoms with Crippen molar-refractivity contribution in [1.29, 1.82) is 0 Å². The van der Waals surface area contributed by atoms with E-state index < -0.39 is 0 Å². The fourth-order valence-electron chi connectivity index (χ4n) is 3.02. The molecule has 168 valence electrons. The van der Waals surface area contributed by atoms with E-state index in [4.69, 9.17) is 21.1 Å². The average Bonchev–Trinajstić information content (AvgIpc) is 3.26. The molecule has 4 aromatic rings. The zero-order valence-electron chi connectivity index (χ0n) is 17.7. The second-order valence-corrected chi connectivity index (χ2v) is 8.34. The Balaban J connectivity index is 1.36. The van der Waals surface area contributed by atoms with Crippen LogP contribution in [-0.4, -0.2) is 35.0 Å². The maximum Gasteiger partial charge on any atom is 0.250 e. The van der Waals surface area contributed by atoms with Crippen LogP contribution < -0.4 is 14.9 Å². The Morgan fingerprint density at radius 2 is 1.97 bits per heavy atom. The Kier molecular flexibility index (Phi) is 7.49. The number of H-pyrrole nitrogens is 1. The number of amides is 1. The van der Waals surface area contributed by atoms with Crippen LogP contribution in [0.15, 0.2) is 77.0 Å². The van der Waals surface area contributed by atoms with Gasteiger partial charge in [-0.3, -0.25) is 4.79 Å². The molecular formula is C24H21ClN4O3S. The second-order valence-electron chi connectivity index (χ2n) is 6.93. The molecule has 0 saturated heterocycles. The number of aromatic nitrogens is 2. The molecule has 0 spiro atoms. The molecule has 0 atom stereocenters. The Morgan fingerprint density at radius 3 is 2.76 bits per heavy atom. The van der Waals surface area contributed by atoms with Gasteiger partial charge in [0.15, 0.2) is 16.7 Å². The summed E-state index contributed by atoms with van der Waals surface area (Å²) < 4.78 is 11.4. The van der Waals surface area contributed by atoms with Crippen LogP contribution in [0.5, 0.6) is 11.5 Å². The number of imidazole rings is 1. The van der Waals surface area contributed by atoms with Gasteiger partial charge in [-0.1, -0.05) is 53.7 Å². The number of nitrogens with zero attached hydrogens (tertiary/aromatic N) is 2. The number of methoxy groups -OCH3 is 1. The fraction of sp³-hybridized carbons (Fsp3) is 0.125. The van der Waals surface area contributed by atoms with Crippen molar-refractivity contribution in [2.24, 2.45) is 5.10 Å². The Labute approximate surface area is 200 Å². The third kappa shape index (κ3) is 6.06. The van der Waals surface area contributed by atoms with Gasteiger partial charge in [-0.25, -0.2) is 10.4 Å². The SMILES string of the molecule is COc1cccc(/C=N/NC(=O)CSc2nc3ccccc3[nH]2)c1OCc1ccc(Cl)cc1. The van der Waals surface area contributed by atoms with E-state index in [2.05, 4.69) is 20.5 Å². The molecule has 0 saturated carbocycles. The highest BCUT2D eigenvalue weighted by Gasteiger charge is 2.11. The molecule has 7 nitrogen and oxygen atoms in total. The standard InChI is InChI=1S/C24H21ClN4O3S/c1-31-21-8-4-5-17(23(21)32-14-16-9-11-18(25)12-10-16)13-26-29-22(30)15-33-24-27-19-6-2-3-7-20(19)28-24/h2-13H,14-15H2,1H3,(H,27,28)(H,29,30)/b26-13+. The van der Waals surface area contributed by atoms with E-state index in [0.29, 0.717) is 33.8 Å². The van der Waals surface area contributed by atoms with Crippen molar-refractivity contribution in [1.82, 2.24) is 15.4 Å². The van der Waals surface area contributed by atoms with Gasteiger partial charge < -0.3 is 14.5 Å². The number of thioether (sulfide) groups is 1. The fourth-order valence-corrected chi connectivity index (χ4v) is 3.83. The molecule has 1 heterocycles. The lowest BCUT2D eigenvalue weighted by Gasteiger charge is -2.13. The monoisotopic (exact) mass is 480 g/mol. The van der Waals surface area contributed by atoms with Crippen molar-refractivity contribution in [3.05, 3.63) is 82.9 Å². The van der Waals surface area contributed by atoms with Crippen LogP contribution in [0.2, 0.25) is 5.02 Å². The van der Waals surface area contributed by atoms with E-state index >= 15 is 0 Å². The van der Waals surface area contributed by atoms with Gasteiger partial charge >= 0.3 is 0 Å². The summed E-state index contributed by atoms with van der Waals surface area (Å²) in [5, 5.41) is 5.42. The number of carbonyl (C=O) groups is 1. The van der Waals surface area contributed by atoms with E-state index in [-0.39, 0.29) is 11.7 Å². The number of hydrazone groups is 1. The van der Waals surface area contributed by atoms with Crippen LogP contribution in [0, 0.1) is 0 Å². The lowest BCUT2D eigenvalue weighted by Crippen LogP contribution is -2.19. The van der Waals surface area contributed by atoms with Crippen LogP contribution in [0.4, 0.5) is 0 Å². The Bertz CT molecular complexity index is 1240. The van der Waals surface area contributed by atoms with Crippen molar-refractivity contribution in [2.45, 2.75) is 11.8 Å². The van der Waals surface area contributed by atoms with Gasteiger partial charge in [-0.2, -0.15) is 5.10 Å². The average molecular weight is 481 g/mol. The number of hydrogen-bond donors (Lipinski definition) is 2. The summed E-state index contributed by atoms with van der Waals surface area (Å²) in [5.74, 6) is 1.03. The maximum atomic E-state index is 12.2. The molecule has 0 aliphatic carbocycles. The quantitative estimate of drug-likeness (QED) is 0.199. The summed E-state index contributed by atoms with van der Waals surface area (Å²) in [7, 11) is 1.57. The molecule has 33 heavy (non-hydrogen) atoms.